The molecule has 0 aromatic rings. The van der Waals surface area contributed by atoms with E-state index in [1.807, 2.05) is 18.7 Å². The minimum absolute atomic E-state index is 0.0205. The monoisotopic (exact) mass is 199 g/mol. The fraction of sp³-hybridized carbons (Fsp3) is 0.909. The summed E-state index contributed by atoms with van der Waals surface area (Å²) in [6.07, 6.45) is 3.08. The van der Waals surface area contributed by atoms with E-state index in [0.717, 1.165) is 19.3 Å². The number of hydrogen-bond donors (Lipinski definition) is 0. The molecule has 14 heavy (non-hydrogen) atoms. The lowest BCUT2D eigenvalue weighted by Gasteiger charge is -2.27. The van der Waals surface area contributed by atoms with E-state index < -0.39 is 0 Å². The van der Waals surface area contributed by atoms with Crippen molar-refractivity contribution in [2.45, 2.75) is 65.1 Å². The van der Waals surface area contributed by atoms with Gasteiger partial charge in [0, 0.05) is 12.1 Å². The van der Waals surface area contributed by atoms with Gasteiger partial charge in [-0.2, -0.15) is 0 Å². The molecule has 0 spiro atoms. The van der Waals surface area contributed by atoms with Crippen LogP contribution in [0.25, 0.3) is 0 Å². The lowest BCUT2D eigenvalue weighted by atomic mass is 10.2. The van der Waals surface area contributed by atoms with Crippen molar-refractivity contribution >= 4 is 6.09 Å². The van der Waals surface area contributed by atoms with Gasteiger partial charge in [-0.3, -0.25) is 0 Å². The predicted octanol–water partition coefficient (Wildman–Crippen LogP) is 2.79. The van der Waals surface area contributed by atoms with Crippen molar-refractivity contribution in [3.05, 3.63) is 0 Å². The average molecular weight is 199 g/mol. The van der Waals surface area contributed by atoms with Crippen LogP contribution in [0.1, 0.15) is 47.0 Å². The molecule has 82 valence electrons. The molecule has 0 aromatic carbocycles. The van der Waals surface area contributed by atoms with Crippen molar-refractivity contribution in [3.63, 3.8) is 0 Å². The van der Waals surface area contributed by atoms with Gasteiger partial charge in [-0.1, -0.05) is 6.92 Å². The first-order valence-corrected chi connectivity index (χ1v) is 5.55. The van der Waals surface area contributed by atoms with E-state index in [1.54, 1.807) is 0 Å². The molecule has 2 atom stereocenters. The molecule has 3 nitrogen and oxygen atoms in total. The zero-order chi connectivity index (χ0) is 10.7. The SMILES string of the molecule is CCC1CCC(C)N1C(=O)OC(C)C. The van der Waals surface area contributed by atoms with Crippen LogP contribution >= 0.6 is 0 Å². The maximum absolute atomic E-state index is 11.7. The lowest BCUT2D eigenvalue weighted by molar-refractivity contribution is 0.0628. The number of likely N-dealkylation sites (tertiary alicyclic amines) is 1. The highest BCUT2D eigenvalue weighted by Gasteiger charge is 2.34. The molecule has 3 heteroatoms. The number of ether oxygens (including phenoxy) is 1. The van der Waals surface area contributed by atoms with E-state index in [-0.39, 0.29) is 12.2 Å². The zero-order valence-corrected chi connectivity index (χ0v) is 9.62. The molecule has 1 aliphatic heterocycles. The Kier molecular flexibility index (Phi) is 3.78. The first-order valence-electron chi connectivity index (χ1n) is 5.55. The molecule has 1 amide bonds. The maximum atomic E-state index is 11.7. The van der Waals surface area contributed by atoms with Crippen LogP contribution in [0, 0.1) is 0 Å². The van der Waals surface area contributed by atoms with Gasteiger partial charge in [0.25, 0.3) is 0 Å². The molecule has 1 saturated heterocycles. The summed E-state index contributed by atoms with van der Waals surface area (Å²) in [5, 5.41) is 0. The summed E-state index contributed by atoms with van der Waals surface area (Å²) in [6, 6.07) is 0.724. The van der Waals surface area contributed by atoms with Gasteiger partial charge in [-0.05, 0) is 40.0 Å². The van der Waals surface area contributed by atoms with Gasteiger partial charge in [0.2, 0.25) is 0 Å². The molecule has 0 aliphatic carbocycles. The Morgan fingerprint density at radius 3 is 2.64 bits per heavy atom. The van der Waals surface area contributed by atoms with Crippen molar-refractivity contribution in [3.8, 4) is 0 Å². The summed E-state index contributed by atoms with van der Waals surface area (Å²) in [7, 11) is 0. The molecular formula is C11H21NO2. The average Bonchev–Trinajstić information content (AvgIpc) is 2.45. The van der Waals surface area contributed by atoms with Gasteiger partial charge < -0.3 is 9.64 Å². The minimum Gasteiger partial charge on any atom is -0.447 e. The number of carbonyl (C=O) groups is 1. The fourth-order valence-electron chi connectivity index (χ4n) is 2.06. The van der Waals surface area contributed by atoms with E-state index in [9.17, 15) is 4.79 Å². The van der Waals surface area contributed by atoms with Crippen LogP contribution in [0.4, 0.5) is 4.79 Å². The molecule has 1 rings (SSSR count). The normalized spacial score (nSPS) is 27.1. The largest absolute Gasteiger partial charge is 0.447 e. The topological polar surface area (TPSA) is 29.5 Å². The smallest absolute Gasteiger partial charge is 0.410 e. The number of hydrogen-bond acceptors (Lipinski definition) is 2. The molecule has 1 fully saturated rings. The molecule has 1 heterocycles. The summed E-state index contributed by atoms with van der Waals surface area (Å²) in [6.45, 7) is 7.99. The Morgan fingerprint density at radius 1 is 1.50 bits per heavy atom. The Labute approximate surface area is 86.4 Å². The summed E-state index contributed by atoms with van der Waals surface area (Å²) in [4.78, 5) is 13.6. The highest BCUT2D eigenvalue weighted by molar-refractivity contribution is 5.69. The maximum Gasteiger partial charge on any atom is 0.410 e. The third-order valence-electron chi connectivity index (χ3n) is 2.80. The van der Waals surface area contributed by atoms with Crippen LogP contribution in [0.15, 0.2) is 0 Å². The van der Waals surface area contributed by atoms with Gasteiger partial charge >= 0.3 is 6.09 Å². The summed E-state index contributed by atoms with van der Waals surface area (Å²) in [5.41, 5.74) is 0. The molecule has 0 bridgehead atoms. The van der Waals surface area contributed by atoms with E-state index in [4.69, 9.17) is 4.74 Å². The standard InChI is InChI=1S/C11H21NO2/c1-5-10-7-6-9(4)12(10)11(13)14-8(2)3/h8-10H,5-7H2,1-4H3. The highest BCUT2D eigenvalue weighted by atomic mass is 16.6. The number of carbonyl (C=O) groups excluding carboxylic acids is 1. The molecule has 1 aliphatic rings. The van der Waals surface area contributed by atoms with Crippen LogP contribution in [-0.4, -0.2) is 29.2 Å². The highest BCUT2D eigenvalue weighted by Crippen LogP contribution is 2.26. The van der Waals surface area contributed by atoms with Crippen LogP contribution < -0.4 is 0 Å². The Hall–Kier alpha value is -0.730. The summed E-state index contributed by atoms with van der Waals surface area (Å²) < 4.78 is 5.22. The van der Waals surface area contributed by atoms with Gasteiger partial charge in [0.05, 0.1) is 6.10 Å². The molecule has 0 aromatic heterocycles. The van der Waals surface area contributed by atoms with Crippen LogP contribution in [0.5, 0.6) is 0 Å². The second-order valence-electron chi connectivity index (χ2n) is 4.33. The second-order valence-corrected chi connectivity index (χ2v) is 4.33. The molecule has 0 radical (unpaired) electrons. The Bertz CT molecular complexity index is 203. The van der Waals surface area contributed by atoms with E-state index in [0.29, 0.717) is 12.1 Å². The third kappa shape index (κ3) is 2.40. The van der Waals surface area contributed by atoms with Gasteiger partial charge in [-0.15, -0.1) is 0 Å². The van der Waals surface area contributed by atoms with Crippen molar-refractivity contribution in [1.82, 2.24) is 4.90 Å². The minimum atomic E-state index is -0.142. The second kappa shape index (κ2) is 4.67. The Balaban J connectivity index is 2.59. The van der Waals surface area contributed by atoms with Crippen LogP contribution in [-0.2, 0) is 4.74 Å². The van der Waals surface area contributed by atoms with Crippen molar-refractivity contribution in [2.75, 3.05) is 0 Å². The number of rotatable bonds is 2. The first-order chi connectivity index (χ1) is 6.56. The molecule has 0 saturated carbocycles. The summed E-state index contributed by atoms with van der Waals surface area (Å²) in [5.74, 6) is 0. The van der Waals surface area contributed by atoms with E-state index in [1.165, 1.54) is 0 Å². The molecule has 2 unspecified atom stereocenters. The zero-order valence-electron chi connectivity index (χ0n) is 9.62. The third-order valence-corrected chi connectivity index (χ3v) is 2.80. The van der Waals surface area contributed by atoms with Crippen molar-refractivity contribution in [1.29, 1.82) is 0 Å². The van der Waals surface area contributed by atoms with Crippen LogP contribution in [0.2, 0.25) is 0 Å². The predicted molar refractivity (Wildman–Crippen MR) is 56.2 cm³/mol. The Morgan fingerprint density at radius 2 is 2.14 bits per heavy atom. The molecule has 0 N–H and O–H groups in total. The fourth-order valence-corrected chi connectivity index (χ4v) is 2.06. The van der Waals surface area contributed by atoms with Gasteiger partial charge in [0.15, 0.2) is 0 Å². The first kappa shape index (κ1) is 11.3. The van der Waals surface area contributed by atoms with Gasteiger partial charge in [-0.25, -0.2) is 4.79 Å². The van der Waals surface area contributed by atoms with Crippen molar-refractivity contribution in [2.24, 2.45) is 0 Å². The number of nitrogens with zero attached hydrogens (tertiary/aromatic N) is 1. The van der Waals surface area contributed by atoms with Crippen molar-refractivity contribution < 1.29 is 9.53 Å². The quantitative estimate of drug-likeness (QED) is 0.684. The van der Waals surface area contributed by atoms with Crippen LogP contribution in [0.3, 0.4) is 0 Å². The lowest BCUT2D eigenvalue weighted by Crippen LogP contribution is -2.40. The van der Waals surface area contributed by atoms with E-state index in [2.05, 4.69) is 13.8 Å². The van der Waals surface area contributed by atoms with E-state index >= 15 is 0 Å². The molecular weight excluding hydrogens is 178 g/mol. The summed E-state index contributed by atoms with van der Waals surface area (Å²) >= 11 is 0. The van der Waals surface area contributed by atoms with Gasteiger partial charge in [0.1, 0.15) is 0 Å². The number of amides is 1.